The number of fused-ring (bicyclic) bond motifs is 5. The Morgan fingerprint density at radius 1 is 1.17 bits per heavy atom. The third kappa shape index (κ3) is 3.62. The number of hydrogen-bond donors (Lipinski definition) is 1. The lowest BCUT2D eigenvalue weighted by Gasteiger charge is -2.58. The molecule has 30 heavy (non-hydrogen) atoms. The summed E-state index contributed by atoms with van der Waals surface area (Å²) in [5.74, 6) is 2.64. The highest BCUT2D eigenvalue weighted by molar-refractivity contribution is 5.66. The topological polar surface area (TPSA) is 63.6 Å². The second-order valence-corrected chi connectivity index (χ2v) is 11.4. The third-order valence-electron chi connectivity index (χ3n) is 9.97. The molecule has 4 nitrogen and oxygen atoms in total. The third-order valence-corrected chi connectivity index (χ3v) is 9.97. The monoisotopic (exact) mass is 416 g/mol. The first-order valence-electron chi connectivity index (χ1n) is 12.2. The van der Waals surface area contributed by atoms with E-state index in [-0.39, 0.29) is 17.5 Å². The zero-order valence-electron chi connectivity index (χ0n) is 19.3. The number of hydrogen-bond acceptors (Lipinski definition) is 3. The van der Waals surface area contributed by atoms with Crippen LogP contribution in [0.25, 0.3) is 0 Å². The lowest BCUT2D eigenvalue weighted by Crippen LogP contribution is -2.51. The van der Waals surface area contributed by atoms with E-state index < -0.39 is 5.97 Å². The Morgan fingerprint density at radius 2 is 1.93 bits per heavy atom. The number of carbonyl (C=O) groups excluding carboxylic acids is 1. The Labute approximate surface area is 181 Å². The zero-order chi connectivity index (χ0) is 21.7. The fourth-order valence-electron chi connectivity index (χ4n) is 8.49. The van der Waals surface area contributed by atoms with E-state index in [9.17, 15) is 9.59 Å². The molecule has 0 aromatic heterocycles. The summed E-state index contributed by atoms with van der Waals surface area (Å²) in [6.45, 7) is 8.84. The second kappa shape index (κ2) is 7.98. The highest BCUT2D eigenvalue weighted by Crippen LogP contribution is 2.67. The van der Waals surface area contributed by atoms with Crippen LogP contribution >= 0.6 is 0 Å². The summed E-state index contributed by atoms with van der Waals surface area (Å²) in [6.07, 6.45) is 13.1. The number of carbonyl (C=O) groups is 2. The molecule has 0 spiro atoms. The van der Waals surface area contributed by atoms with E-state index in [1.165, 1.54) is 39.0 Å². The Hall–Kier alpha value is -1.32. The summed E-state index contributed by atoms with van der Waals surface area (Å²) < 4.78 is 5.57. The van der Waals surface area contributed by atoms with E-state index in [4.69, 9.17) is 9.84 Å². The van der Waals surface area contributed by atoms with Crippen LogP contribution in [0.4, 0.5) is 0 Å². The van der Waals surface area contributed by atoms with Crippen LogP contribution in [0.15, 0.2) is 11.6 Å². The van der Waals surface area contributed by atoms with Crippen LogP contribution in [0.1, 0.15) is 91.9 Å². The maximum Gasteiger partial charge on any atom is 0.303 e. The Morgan fingerprint density at radius 3 is 2.63 bits per heavy atom. The van der Waals surface area contributed by atoms with E-state index in [2.05, 4.69) is 26.8 Å². The summed E-state index contributed by atoms with van der Waals surface area (Å²) >= 11 is 0. The smallest absolute Gasteiger partial charge is 0.303 e. The molecule has 4 aliphatic carbocycles. The van der Waals surface area contributed by atoms with E-state index in [1.807, 2.05) is 0 Å². The van der Waals surface area contributed by atoms with Crippen molar-refractivity contribution < 1.29 is 19.4 Å². The Kier molecular flexibility index (Phi) is 5.83. The van der Waals surface area contributed by atoms with Crippen molar-refractivity contribution in [2.24, 2.45) is 40.4 Å². The van der Waals surface area contributed by atoms with Crippen molar-refractivity contribution in [3.63, 3.8) is 0 Å². The molecule has 0 aromatic carbocycles. The van der Waals surface area contributed by atoms with Gasteiger partial charge in [0.25, 0.3) is 0 Å². The molecule has 1 N–H and O–H groups in total. The quantitative estimate of drug-likeness (QED) is 0.441. The minimum atomic E-state index is -0.660. The summed E-state index contributed by atoms with van der Waals surface area (Å²) in [7, 11) is 0. The molecular weight excluding hydrogens is 376 g/mol. The number of carboxylic acid groups (broad SMARTS) is 1. The maximum absolute atomic E-state index is 11.4. The van der Waals surface area contributed by atoms with Gasteiger partial charge in [-0.2, -0.15) is 0 Å². The van der Waals surface area contributed by atoms with Crippen LogP contribution in [0.5, 0.6) is 0 Å². The first-order chi connectivity index (χ1) is 14.1. The largest absolute Gasteiger partial charge is 0.481 e. The molecule has 8 atom stereocenters. The van der Waals surface area contributed by atoms with Gasteiger partial charge in [0.2, 0.25) is 0 Å². The minimum absolute atomic E-state index is 0.0678. The van der Waals surface area contributed by atoms with Gasteiger partial charge in [0.15, 0.2) is 0 Å². The standard InChI is InChI=1S/C26H40O4/c1-16(5-10-24(28)29)21-8-9-22-20-7-6-18-15-19(30-17(2)27)11-13-25(18,3)23(20)12-14-26(21,22)4/h6,16,19-23H,5,7-15H2,1-4H3,(H,28,29)/t16?,19-,20?,21?,22?,23?,25-,26+/m0/s1. The van der Waals surface area contributed by atoms with Crippen LogP contribution in [-0.2, 0) is 14.3 Å². The molecule has 0 aromatic rings. The van der Waals surface area contributed by atoms with Crippen molar-refractivity contribution in [1.29, 1.82) is 0 Å². The maximum atomic E-state index is 11.4. The van der Waals surface area contributed by atoms with Crippen LogP contribution in [0.2, 0.25) is 0 Å². The second-order valence-electron chi connectivity index (χ2n) is 11.4. The molecule has 3 fully saturated rings. The molecule has 3 saturated carbocycles. The average molecular weight is 417 g/mol. The summed E-state index contributed by atoms with van der Waals surface area (Å²) in [6, 6.07) is 0. The number of aliphatic carboxylic acids is 1. The van der Waals surface area contributed by atoms with Gasteiger partial charge in [0.05, 0.1) is 0 Å². The molecule has 0 bridgehead atoms. The van der Waals surface area contributed by atoms with Crippen LogP contribution in [0, 0.1) is 40.4 Å². The van der Waals surface area contributed by atoms with Crippen LogP contribution < -0.4 is 0 Å². The number of rotatable bonds is 5. The molecule has 168 valence electrons. The fraction of sp³-hybridized carbons (Fsp3) is 0.846. The van der Waals surface area contributed by atoms with E-state index in [0.29, 0.717) is 23.7 Å². The van der Waals surface area contributed by atoms with Crippen molar-refractivity contribution >= 4 is 11.9 Å². The average Bonchev–Trinajstić information content (AvgIpc) is 3.03. The highest BCUT2D eigenvalue weighted by atomic mass is 16.5. The van der Waals surface area contributed by atoms with E-state index in [1.54, 1.807) is 5.57 Å². The highest BCUT2D eigenvalue weighted by Gasteiger charge is 2.59. The van der Waals surface area contributed by atoms with Gasteiger partial charge in [0, 0.05) is 19.8 Å². The van der Waals surface area contributed by atoms with Gasteiger partial charge in [-0.15, -0.1) is 0 Å². The first kappa shape index (κ1) is 21.9. The summed E-state index contributed by atoms with van der Waals surface area (Å²) in [5.41, 5.74) is 2.19. The zero-order valence-corrected chi connectivity index (χ0v) is 19.3. The number of ether oxygens (including phenoxy) is 1. The molecule has 0 saturated heterocycles. The van der Waals surface area contributed by atoms with Gasteiger partial charge in [0.1, 0.15) is 6.10 Å². The van der Waals surface area contributed by atoms with E-state index in [0.717, 1.165) is 43.4 Å². The summed E-state index contributed by atoms with van der Waals surface area (Å²) in [4.78, 5) is 22.5. The van der Waals surface area contributed by atoms with Gasteiger partial charge >= 0.3 is 11.9 Å². The Bertz CT molecular complexity index is 727. The van der Waals surface area contributed by atoms with Crippen molar-refractivity contribution in [3.05, 3.63) is 11.6 Å². The molecule has 4 aliphatic rings. The molecule has 0 radical (unpaired) electrons. The van der Waals surface area contributed by atoms with Gasteiger partial charge in [-0.3, -0.25) is 9.59 Å². The van der Waals surface area contributed by atoms with Gasteiger partial charge < -0.3 is 9.84 Å². The molecule has 0 aliphatic heterocycles. The molecule has 0 heterocycles. The van der Waals surface area contributed by atoms with Gasteiger partial charge in [-0.1, -0.05) is 32.4 Å². The molecule has 4 rings (SSSR count). The van der Waals surface area contributed by atoms with Crippen LogP contribution in [-0.4, -0.2) is 23.1 Å². The lowest BCUT2D eigenvalue weighted by molar-refractivity contribution is -0.148. The number of carboxylic acids is 1. The van der Waals surface area contributed by atoms with Crippen molar-refractivity contribution in [2.75, 3.05) is 0 Å². The summed E-state index contributed by atoms with van der Waals surface area (Å²) in [5, 5.41) is 9.13. The normalized spacial score (nSPS) is 43.6. The minimum Gasteiger partial charge on any atom is -0.481 e. The van der Waals surface area contributed by atoms with Crippen LogP contribution in [0.3, 0.4) is 0 Å². The van der Waals surface area contributed by atoms with Crippen molar-refractivity contribution in [2.45, 2.75) is 98.0 Å². The van der Waals surface area contributed by atoms with Crippen molar-refractivity contribution in [3.8, 4) is 0 Å². The molecular formula is C26H40O4. The van der Waals surface area contributed by atoms with Gasteiger partial charge in [-0.05, 0) is 91.8 Å². The molecule has 0 amide bonds. The van der Waals surface area contributed by atoms with Crippen molar-refractivity contribution in [1.82, 2.24) is 0 Å². The lowest BCUT2D eigenvalue weighted by atomic mass is 9.47. The Balaban J connectivity index is 1.51. The van der Waals surface area contributed by atoms with E-state index >= 15 is 0 Å². The first-order valence-corrected chi connectivity index (χ1v) is 12.2. The SMILES string of the molecule is CC(=O)O[C@H]1CC[C@@]2(C)C(=CCC3C4CCC(C(C)CCC(=O)O)[C@@]4(C)CCC32)C1. The number of allylic oxidation sites excluding steroid dienone is 1. The molecule has 4 heteroatoms. The predicted molar refractivity (Wildman–Crippen MR) is 117 cm³/mol. The predicted octanol–water partition coefficient (Wildman–Crippen LogP) is 6.00. The fourth-order valence-corrected chi connectivity index (χ4v) is 8.49. The van der Waals surface area contributed by atoms with Gasteiger partial charge in [-0.25, -0.2) is 0 Å². The number of esters is 1. The molecule has 5 unspecified atom stereocenters.